The van der Waals surface area contributed by atoms with Gasteiger partial charge in [0.05, 0.1) is 6.61 Å². The number of hydrogen-bond acceptors (Lipinski definition) is 3. The van der Waals surface area contributed by atoms with Crippen molar-refractivity contribution in [2.45, 2.75) is 20.3 Å². The van der Waals surface area contributed by atoms with Gasteiger partial charge in [0.1, 0.15) is 17.4 Å². The van der Waals surface area contributed by atoms with Crippen molar-refractivity contribution in [2.75, 3.05) is 11.9 Å². The SMILES string of the molecule is CCOc1cccc(/C=C(\C#N)C(=O)Nc2ccccc2CC)c1. The van der Waals surface area contributed by atoms with E-state index in [1.54, 1.807) is 12.1 Å². The Hall–Kier alpha value is -3.06. The highest BCUT2D eigenvalue weighted by molar-refractivity contribution is 6.10. The predicted molar refractivity (Wildman–Crippen MR) is 95.7 cm³/mol. The number of rotatable bonds is 6. The molecule has 2 aromatic rings. The smallest absolute Gasteiger partial charge is 0.266 e. The van der Waals surface area contributed by atoms with E-state index >= 15 is 0 Å². The van der Waals surface area contributed by atoms with E-state index in [0.717, 1.165) is 23.2 Å². The maximum Gasteiger partial charge on any atom is 0.266 e. The molecule has 1 N–H and O–H groups in total. The fraction of sp³-hybridized carbons (Fsp3) is 0.200. The van der Waals surface area contributed by atoms with Crippen LogP contribution in [0.25, 0.3) is 6.08 Å². The highest BCUT2D eigenvalue weighted by atomic mass is 16.5. The lowest BCUT2D eigenvalue weighted by Gasteiger charge is -2.09. The molecule has 2 aromatic carbocycles. The molecule has 0 radical (unpaired) electrons. The van der Waals surface area contributed by atoms with Crippen molar-refractivity contribution in [2.24, 2.45) is 0 Å². The van der Waals surface area contributed by atoms with Crippen LogP contribution in [0.15, 0.2) is 54.1 Å². The lowest BCUT2D eigenvalue weighted by molar-refractivity contribution is -0.112. The number of ether oxygens (including phenoxy) is 1. The molecule has 0 heterocycles. The zero-order valence-electron chi connectivity index (χ0n) is 13.9. The molecule has 0 saturated heterocycles. The minimum Gasteiger partial charge on any atom is -0.494 e. The summed E-state index contributed by atoms with van der Waals surface area (Å²) in [5.41, 5.74) is 2.56. The van der Waals surface area contributed by atoms with Gasteiger partial charge in [0.25, 0.3) is 5.91 Å². The highest BCUT2D eigenvalue weighted by Gasteiger charge is 2.11. The maximum absolute atomic E-state index is 12.4. The van der Waals surface area contributed by atoms with E-state index in [4.69, 9.17) is 4.74 Å². The molecule has 0 unspecified atom stereocenters. The van der Waals surface area contributed by atoms with Gasteiger partial charge in [-0.25, -0.2) is 0 Å². The molecule has 4 nitrogen and oxygen atoms in total. The van der Waals surface area contributed by atoms with E-state index in [9.17, 15) is 10.1 Å². The van der Waals surface area contributed by atoms with Crippen molar-refractivity contribution in [1.82, 2.24) is 0 Å². The normalized spacial score (nSPS) is 10.8. The summed E-state index contributed by atoms with van der Waals surface area (Å²) in [6.45, 7) is 4.49. The van der Waals surface area contributed by atoms with Gasteiger partial charge >= 0.3 is 0 Å². The Morgan fingerprint density at radius 2 is 2.00 bits per heavy atom. The number of carbonyl (C=O) groups excluding carboxylic acids is 1. The number of carbonyl (C=O) groups is 1. The minimum absolute atomic E-state index is 0.0505. The summed E-state index contributed by atoms with van der Waals surface area (Å²) < 4.78 is 5.44. The zero-order chi connectivity index (χ0) is 17.4. The van der Waals surface area contributed by atoms with E-state index in [1.807, 2.05) is 62.4 Å². The molecule has 0 bridgehead atoms. The fourth-order valence-electron chi connectivity index (χ4n) is 2.32. The predicted octanol–water partition coefficient (Wildman–Crippen LogP) is 4.19. The Bertz CT molecular complexity index is 788. The second kappa shape index (κ2) is 8.54. The third kappa shape index (κ3) is 4.47. The van der Waals surface area contributed by atoms with Crippen LogP contribution in [-0.4, -0.2) is 12.5 Å². The van der Waals surface area contributed by atoms with Gasteiger partial charge in [-0.05, 0) is 48.7 Å². The van der Waals surface area contributed by atoms with Crippen LogP contribution < -0.4 is 10.1 Å². The average molecular weight is 320 g/mol. The van der Waals surface area contributed by atoms with Crippen molar-refractivity contribution < 1.29 is 9.53 Å². The van der Waals surface area contributed by atoms with E-state index < -0.39 is 5.91 Å². The molecular weight excluding hydrogens is 300 g/mol. The van der Waals surface area contributed by atoms with Crippen LogP contribution in [0.3, 0.4) is 0 Å². The lowest BCUT2D eigenvalue weighted by atomic mass is 10.1. The molecule has 1 amide bonds. The van der Waals surface area contributed by atoms with Gasteiger partial charge in [0.15, 0.2) is 0 Å². The number of nitriles is 1. The summed E-state index contributed by atoms with van der Waals surface area (Å²) in [6, 6.07) is 16.8. The van der Waals surface area contributed by atoms with Gasteiger partial charge in [-0.15, -0.1) is 0 Å². The highest BCUT2D eigenvalue weighted by Crippen LogP contribution is 2.19. The number of aryl methyl sites for hydroxylation is 1. The molecule has 2 rings (SSSR count). The summed E-state index contributed by atoms with van der Waals surface area (Å²) in [5.74, 6) is 0.292. The van der Waals surface area contributed by atoms with E-state index in [2.05, 4.69) is 5.32 Å². The molecule has 0 atom stereocenters. The first-order chi connectivity index (χ1) is 11.7. The first-order valence-corrected chi connectivity index (χ1v) is 7.91. The van der Waals surface area contributed by atoms with Gasteiger partial charge in [0.2, 0.25) is 0 Å². The molecular formula is C20H20N2O2. The van der Waals surface area contributed by atoms with Gasteiger partial charge in [-0.3, -0.25) is 4.79 Å². The Kier molecular flexibility index (Phi) is 6.16. The summed E-state index contributed by atoms with van der Waals surface area (Å²) in [5, 5.41) is 12.1. The second-order valence-corrected chi connectivity index (χ2v) is 5.14. The van der Waals surface area contributed by atoms with Crippen LogP contribution in [0.5, 0.6) is 5.75 Å². The quantitative estimate of drug-likeness (QED) is 0.641. The number of hydrogen-bond donors (Lipinski definition) is 1. The molecule has 0 aliphatic carbocycles. The molecule has 0 spiro atoms. The number of para-hydroxylation sites is 1. The summed E-state index contributed by atoms with van der Waals surface area (Å²) >= 11 is 0. The maximum atomic E-state index is 12.4. The lowest BCUT2D eigenvalue weighted by Crippen LogP contribution is -2.14. The van der Waals surface area contributed by atoms with Gasteiger partial charge in [-0.2, -0.15) is 5.26 Å². The van der Waals surface area contributed by atoms with Crippen LogP contribution in [0.2, 0.25) is 0 Å². The van der Waals surface area contributed by atoms with Crippen LogP contribution in [0.1, 0.15) is 25.0 Å². The molecule has 0 aromatic heterocycles. The van der Waals surface area contributed by atoms with Crippen molar-refractivity contribution in [3.63, 3.8) is 0 Å². The van der Waals surface area contributed by atoms with Crippen molar-refractivity contribution in [3.05, 3.63) is 65.2 Å². The van der Waals surface area contributed by atoms with Crippen LogP contribution in [0.4, 0.5) is 5.69 Å². The Morgan fingerprint density at radius 3 is 2.71 bits per heavy atom. The van der Waals surface area contributed by atoms with Crippen molar-refractivity contribution in [3.8, 4) is 11.8 Å². The number of nitrogens with one attached hydrogen (secondary N) is 1. The minimum atomic E-state index is -0.416. The molecule has 0 fully saturated rings. The van der Waals surface area contributed by atoms with Gasteiger partial charge < -0.3 is 10.1 Å². The molecule has 122 valence electrons. The third-order valence-corrected chi connectivity index (χ3v) is 3.49. The first kappa shape index (κ1) is 17.3. The Labute approximate surface area is 142 Å². The molecule has 0 saturated carbocycles. The van der Waals surface area contributed by atoms with Crippen molar-refractivity contribution in [1.29, 1.82) is 5.26 Å². The van der Waals surface area contributed by atoms with Crippen molar-refractivity contribution >= 4 is 17.7 Å². The van der Waals surface area contributed by atoms with Crippen LogP contribution in [-0.2, 0) is 11.2 Å². The van der Waals surface area contributed by atoms with E-state index in [-0.39, 0.29) is 5.57 Å². The second-order valence-electron chi connectivity index (χ2n) is 5.14. The largest absolute Gasteiger partial charge is 0.494 e. The summed E-state index contributed by atoms with van der Waals surface area (Å²) in [6.07, 6.45) is 2.37. The van der Waals surface area contributed by atoms with Crippen LogP contribution >= 0.6 is 0 Å². The number of benzene rings is 2. The molecule has 24 heavy (non-hydrogen) atoms. The number of amides is 1. The molecule has 0 aliphatic rings. The molecule has 4 heteroatoms. The third-order valence-electron chi connectivity index (χ3n) is 3.49. The van der Waals surface area contributed by atoms with Crippen LogP contribution in [0, 0.1) is 11.3 Å². The van der Waals surface area contributed by atoms with E-state index in [0.29, 0.717) is 12.4 Å². The fourth-order valence-corrected chi connectivity index (χ4v) is 2.32. The summed E-state index contributed by atoms with van der Waals surface area (Å²) in [7, 11) is 0. The van der Waals surface area contributed by atoms with Gasteiger partial charge in [0, 0.05) is 5.69 Å². The average Bonchev–Trinajstić information content (AvgIpc) is 2.60. The Morgan fingerprint density at radius 1 is 1.21 bits per heavy atom. The Balaban J connectivity index is 2.23. The number of anilines is 1. The zero-order valence-corrected chi connectivity index (χ0v) is 13.9. The first-order valence-electron chi connectivity index (χ1n) is 7.91. The topological polar surface area (TPSA) is 62.1 Å². The van der Waals surface area contributed by atoms with E-state index in [1.165, 1.54) is 0 Å². The summed E-state index contributed by atoms with van der Waals surface area (Å²) in [4.78, 5) is 12.4. The number of nitrogens with zero attached hydrogens (tertiary/aromatic N) is 1. The molecule has 0 aliphatic heterocycles. The monoisotopic (exact) mass is 320 g/mol. The van der Waals surface area contributed by atoms with Gasteiger partial charge in [-0.1, -0.05) is 37.3 Å². The standard InChI is InChI=1S/C20H20N2O2/c1-3-16-9-5-6-11-19(16)22-20(23)17(14-21)12-15-8-7-10-18(13-15)24-4-2/h5-13H,3-4H2,1-2H3,(H,22,23)/b17-12+.